The molecule has 224 valence electrons. The number of hydrogen-bond acceptors (Lipinski definition) is 4. The van der Waals surface area contributed by atoms with Crippen LogP contribution in [0.1, 0.15) is 23.6 Å². The molecule has 4 rings (SSSR count). The van der Waals surface area contributed by atoms with Crippen LogP contribution in [0.15, 0.2) is 112 Å². The molecule has 0 spiro atoms. The van der Waals surface area contributed by atoms with E-state index in [1.54, 1.807) is 36.4 Å². The Balaban J connectivity index is 1.78. The standard InChI is InChI=1S/C33H33BrClN3O4S/c1-3-36-33(40)31(21-25-7-5-4-6-8-25)37(22-26-11-13-27(34)14-12-26)32(39)23-38(29-17-15-28(35)16-18-29)43(41,42)30-19-9-24(2)10-20-30/h4-20,31H,3,21-23H2,1-2H3,(H,36,40). The van der Waals surface area contributed by atoms with Crippen LogP contribution in [0.25, 0.3) is 0 Å². The largest absolute Gasteiger partial charge is 0.355 e. The molecular weight excluding hydrogens is 650 g/mol. The molecule has 1 N–H and O–H groups in total. The third-order valence-electron chi connectivity index (χ3n) is 6.89. The van der Waals surface area contributed by atoms with Crippen LogP contribution >= 0.6 is 27.5 Å². The molecule has 0 bridgehead atoms. The van der Waals surface area contributed by atoms with Crippen LogP contribution in [0.2, 0.25) is 5.02 Å². The van der Waals surface area contributed by atoms with Crippen LogP contribution in [-0.4, -0.2) is 44.3 Å². The van der Waals surface area contributed by atoms with Crippen molar-refractivity contribution in [3.8, 4) is 0 Å². The lowest BCUT2D eigenvalue weighted by Crippen LogP contribution is -2.53. The van der Waals surface area contributed by atoms with E-state index in [9.17, 15) is 18.0 Å². The summed E-state index contributed by atoms with van der Waals surface area (Å²) in [4.78, 5) is 29.4. The van der Waals surface area contributed by atoms with Gasteiger partial charge in [0.05, 0.1) is 10.6 Å². The number of nitrogens with zero attached hydrogens (tertiary/aromatic N) is 2. The molecule has 43 heavy (non-hydrogen) atoms. The molecule has 0 heterocycles. The maximum atomic E-state index is 14.3. The smallest absolute Gasteiger partial charge is 0.264 e. The van der Waals surface area contributed by atoms with Crippen molar-refractivity contribution in [1.29, 1.82) is 0 Å². The fraction of sp³-hybridized carbons (Fsp3) is 0.212. The number of sulfonamides is 1. The minimum Gasteiger partial charge on any atom is -0.355 e. The number of hydrogen-bond donors (Lipinski definition) is 1. The summed E-state index contributed by atoms with van der Waals surface area (Å²) in [5.41, 5.74) is 2.84. The van der Waals surface area contributed by atoms with Gasteiger partial charge in [-0.25, -0.2) is 8.42 Å². The third kappa shape index (κ3) is 8.46. The Bertz CT molecular complexity index is 1630. The van der Waals surface area contributed by atoms with E-state index in [0.29, 0.717) is 11.6 Å². The zero-order valence-corrected chi connectivity index (χ0v) is 27.1. The van der Waals surface area contributed by atoms with E-state index in [4.69, 9.17) is 11.6 Å². The summed E-state index contributed by atoms with van der Waals surface area (Å²) in [5, 5.41) is 3.29. The first-order valence-corrected chi connectivity index (χ1v) is 16.4. The second kappa shape index (κ2) is 14.7. The van der Waals surface area contributed by atoms with E-state index in [0.717, 1.165) is 25.5 Å². The molecule has 10 heteroatoms. The van der Waals surface area contributed by atoms with E-state index in [-0.39, 0.29) is 29.5 Å². The van der Waals surface area contributed by atoms with Gasteiger partial charge in [-0.3, -0.25) is 13.9 Å². The summed E-state index contributed by atoms with van der Waals surface area (Å²) < 4.78 is 30.0. The Kier molecular flexibility index (Phi) is 11.0. The Labute approximate surface area is 266 Å². The number of benzene rings is 4. The summed E-state index contributed by atoms with van der Waals surface area (Å²) in [5.74, 6) is -0.850. The van der Waals surface area contributed by atoms with Gasteiger partial charge in [-0.15, -0.1) is 0 Å². The second-order valence-corrected chi connectivity index (χ2v) is 13.3. The van der Waals surface area contributed by atoms with Crippen LogP contribution in [0.3, 0.4) is 0 Å². The van der Waals surface area contributed by atoms with Crippen molar-refractivity contribution < 1.29 is 18.0 Å². The van der Waals surface area contributed by atoms with Crippen molar-refractivity contribution in [3.63, 3.8) is 0 Å². The topological polar surface area (TPSA) is 86.8 Å². The van der Waals surface area contributed by atoms with Gasteiger partial charge in [0.1, 0.15) is 12.6 Å². The molecule has 2 amide bonds. The molecule has 1 atom stereocenters. The first-order valence-electron chi connectivity index (χ1n) is 13.8. The van der Waals surface area contributed by atoms with Crippen LogP contribution in [0.4, 0.5) is 5.69 Å². The van der Waals surface area contributed by atoms with Crippen LogP contribution in [-0.2, 0) is 32.6 Å². The predicted molar refractivity (Wildman–Crippen MR) is 174 cm³/mol. The molecule has 0 saturated heterocycles. The summed E-state index contributed by atoms with van der Waals surface area (Å²) in [6.07, 6.45) is 0.251. The van der Waals surface area contributed by atoms with Gasteiger partial charge in [-0.1, -0.05) is 87.7 Å². The minimum atomic E-state index is -4.17. The maximum absolute atomic E-state index is 14.3. The number of carbonyl (C=O) groups is 2. The number of amides is 2. The van der Waals surface area contributed by atoms with Gasteiger partial charge in [0, 0.05) is 29.0 Å². The van der Waals surface area contributed by atoms with Gasteiger partial charge in [-0.05, 0) is 73.5 Å². The Morgan fingerprint density at radius 2 is 1.49 bits per heavy atom. The molecule has 0 saturated carbocycles. The monoisotopic (exact) mass is 681 g/mol. The lowest BCUT2D eigenvalue weighted by atomic mass is 10.0. The summed E-state index contributed by atoms with van der Waals surface area (Å²) in [6, 6.07) is 28.7. The summed E-state index contributed by atoms with van der Waals surface area (Å²) >= 11 is 9.56. The molecule has 0 aromatic heterocycles. The average Bonchev–Trinajstić information content (AvgIpc) is 3.00. The van der Waals surface area contributed by atoms with E-state index in [2.05, 4.69) is 21.2 Å². The highest BCUT2D eigenvalue weighted by Gasteiger charge is 2.34. The Morgan fingerprint density at radius 1 is 0.860 bits per heavy atom. The quantitative estimate of drug-likeness (QED) is 0.188. The molecule has 0 fully saturated rings. The zero-order chi connectivity index (χ0) is 31.0. The normalized spacial score (nSPS) is 11.9. The Morgan fingerprint density at radius 3 is 2.09 bits per heavy atom. The highest BCUT2D eigenvalue weighted by molar-refractivity contribution is 9.10. The van der Waals surface area contributed by atoms with Gasteiger partial charge >= 0.3 is 0 Å². The number of nitrogens with one attached hydrogen (secondary N) is 1. The first-order chi connectivity index (χ1) is 20.6. The van der Waals surface area contributed by atoms with E-state index < -0.39 is 28.5 Å². The van der Waals surface area contributed by atoms with E-state index >= 15 is 0 Å². The van der Waals surface area contributed by atoms with Crippen LogP contribution in [0, 0.1) is 6.92 Å². The third-order valence-corrected chi connectivity index (χ3v) is 9.46. The van der Waals surface area contributed by atoms with Crippen LogP contribution < -0.4 is 9.62 Å². The predicted octanol–water partition coefficient (Wildman–Crippen LogP) is 6.38. The highest BCUT2D eigenvalue weighted by atomic mass is 79.9. The molecule has 1 unspecified atom stereocenters. The zero-order valence-electron chi connectivity index (χ0n) is 23.9. The van der Waals surface area contributed by atoms with Crippen molar-refractivity contribution in [2.75, 3.05) is 17.4 Å². The van der Waals surface area contributed by atoms with Gasteiger partial charge in [-0.2, -0.15) is 0 Å². The number of rotatable bonds is 12. The van der Waals surface area contributed by atoms with E-state index in [1.807, 2.05) is 68.4 Å². The second-order valence-electron chi connectivity index (χ2n) is 10.0. The molecule has 0 radical (unpaired) electrons. The molecular formula is C33H33BrClN3O4S. The maximum Gasteiger partial charge on any atom is 0.264 e. The van der Waals surface area contributed by atoms with Gasteiger partial charge < -0.3 is 10.2 Å². The van der Waals surface area contributed by atoms with Gasteiger partial charge in [0.15, 0.2) is 0 Å². The van der Waals surface area contributed by atoms with Crippen molar-refractivity contribution in [2.45, 2.75) is 37.8 Å². The molecule has 0 aliphatic rings. The number of halogens is 2. The van der Waals surface area contributed by atoms with Gasteiger partial charge in [0.25, 0.3) is 10.0 Å². The summed E-state index contributed by atoms with van der Waals surface area (Å²) in [7, 11) is -4.17. The number of carbonyl (C=O) groups excluding carboxylic acids is 2. The van der Waals surface area contributed by atoms with Crippen molar-refractivity contribution >= 4 is 55.1 Å². The Hall–Kier alpha value is -3.66. The fourth-order valence-electron chi connectivity index (χ4n) is 4.61. The molecule has 0 aliphatic carbocycles. The van der Waals surface area contributed by atoms with E-state index in [1.165, 1.54) is 17.0 Å². The summed E-state index contributed by atoms with van der Waals surface area (Å²) in [6.45, 7) is 3.63. The average molecular weight is 683 g/mol. The molecule has 4 aromatic carbocycles. The molecule has 4 aromatic rings. The SMILES string of the molecule is CCNC(=O)C(Cc1ccccc1)N(Cc1ccc(Br)cc1)C(=O)CN(c1ccc(Cl)cc1)S(=O)(=O)c1ccc(C)cc1. The van der Waals surface area contributed by atoms with Crippen molar-refractivity contribution in [3.05, 3.63) is 129 Å². The van der Waals surface area contributed by atoms with Crippen molar-refractivity contribution in [2.24, 2.45) is 0 Å². The minimum absolute atomic E-state index is 0.0462. The lowest BCUT2D eigenvalue weighted by Gasteiger charge is -2.33. The highest BCUT2D eigenvalue weighted by Crippen LogP contribution is 2.27. The fourth-order valence-corrected chi connectivity index (χ4v) is 6.41. The lowest BCUT2D eigenvalue weighted by molar-refractivity contribution is -0.140. The van der Waals surface area contributed by atoms with Gasteiger partial charge in [0.2, 0.25) is 11.8 Å². The van der Waals surface area contributed by atoms with Crippen molar-refractivity contribution in [1.82, 2.24) is 10.2 Å². The van der Waals surface area contributed by atoms with Crippen LogP contribution in [0.5, 0.6) is 0 Å². The molecule has 0 aliphatic heterocycles. The first kappa shape index (κ1) is 32.3. The number of aryl methyl sites for hydroxylation is 1. The number of likely N-dealkylation sites (N-methyl/N-ethyl adjacent to an activating group) is 1. The molecule has 7 nitrogen and oxygen atoms in total. The number of anilines is 1.